The van der Waals surface area contributed by atoms with Gasteiger partial charge < -0.3 is 9.53 Å². The van der Waals surface area contributed by atoms with Crippen LogP contribution >= 0.6 is 0 Å². The average Bonchev–Trinajstić information content (AvgIpc) is 2.10. The molecule has 0 aromatic heterocycles. The van der Waals surface area contributed by atoms with Crippen LogP contribution < -0.4 is 0 Å². The Kier molecular flexibility index (Phi) is 8.02. The molecular formula is C10H18O2. The first kappa shape index (κ1) is 11.4. The number of carbonyl (C=O) groups is 1. The van der Waals surface area contributed by atoms with E-state index in [1.54, 1.807) is 7.11 Å². The molecule has 0 aliphatic carbocycles. The van der Waals surface area contributed by atoms with E-state index in [9.17, 15) is 4.79 Å². The van der Waals surface area contributed by atoms with Crippen LogP contribution in [0.25, 0.3) is 0 Å². The minimum absolute atomic E-state index is 0.209. The van der Waals surface area contributed by atoms with Gasteiger partial charge in [0.1, 0.15) is 6.29 Å². The number of carbonyl (C=O) groups excluding carboxylic acids is 1. The summed E-state index contributed by atoms with van der Waals surface area (Å²) in [7, 11) is 1.68. The van der Waals surface area contributed by atoms with Gasteiger partial charge in [0.25, 0.3) is 0 Å². The van der Waals surface area contributed by atoms with Crippen LogP contribution in [-0.2, 0) is 9.53 Å². The van der Waals surface area contributed by atoms with Crippen LogP contribution in [-0.4, -0.2) is 20.0 Å². The van der Waals surface area contributed by atoms with Crippen molar-refractivity contribution in [1.82, 2.24) is 0 Å². The maximum atomic E-state index is 10.2. The van der Waals surface area contributed by atoms with Crippen LogP contribution in [0, 0.1) is 5.92 Å². The van der Waals surface area contributed by atoms with Gasteiger partial charge in [-0.1, -0.05) is 19.1 Å². The van der Waals surface area contributed by atoms with E-state index in [-0.39, 0.29) is 5.92 Å². The number of hydrogen-bond donors (Lipinski definition) is 0. The van der Waals surface area contributed by atoms with E-state index in [4.69, 9.17) is 4.74 Å². The minimum Gasteiger partial charge on any atom is -0.381 e. The molecule has 1 atom stereocenters. The van der Waals surface area contributed by atoms with Gasteiger partial charge >= 0.3 is 0 Å². The van der Waals surface area contributed by atoms with Crippen LogP contribution in [0.4, 0.5) is 0 Å². The second kappa shape index (κ2) is 8.47. The van der Waals surface area contributed by atoms with Crippen molar-refractivity contribution in [3.63, 3.8) is 0 Å². The summed E-state index contributed by atoms with van der Waals surface area (Å²) in [6.07, 6.45) is 8.23. The van der Waals surface area contributed by atoms with Gasteiger partial charge in [-0.05, 0) is 19.3 Å². The summed E-state index contributed by atoms with van der Waals surface area (Å²) in [5.41, 5.74) is 0. The molecule has 0 N–H and O–H groups in total. The Morgan fingerprint density at radius 1 is 1.42 bits per heavy atom. The molecule has 0 aromatic rings. The molecule has 0 saturated carbocycles. The van der Waals surface area contributed by atoms with Crippen LogP contribution in [0.5, 0.6) is 0 Å². The number of rotatable bonds is 7. The smallest absolute Gasteiger partial charge is 0.122 e. The summed E-state index contributed by atoms with van der Waals surface area (Å²) in [4.78, 5) is 10.2. The number of unbranched alkanes of at least 4 members (excludes halogenated alkanes) is 1. The standard InChI is InChI=1S/C10H18O2/c1-10(9-11)7-5-3-4-6-8-12-2/h4,6,9-10H,3,5,7-8H2,1-2H3. The van der Waals surface area contributed by atoms with Gasteiger partial charge in [0.2, 0.25) is 0 Å². The lowest BCUT2D eigenvalue weighted by Crippen LogP contribution is -1.94. The zero-order valence-corrected chi connectivity index (χ0v) is 7.95. The number of allylic oxidation sites excluding steroid dienone is 1. The second-order valence-electron chi connectivity index (χ2n) is 2.97. The molecule has 2 heteroatoms. The van der Waals surface area contributed by atoms with Crippen molar-refractivity contribution >= 4 is 6.29 Å². The maximum absolute atomic E-state index is 10.2. The first-order chi connectivity index (χ1) is 5.81. The third-order valence-electron chi connectivity index (χ3n) is 1.69. The molecule has 0 amide bonds. The highest BCUT2D eigenvalue weighted by Crippen LogP contribution is 2.04. The largest absolute Gasteiger partial charge is 0.381 e. The SMILES string of the molecule is COCC=CCCCC(C)C=O. The van der Waals surface area contributed by atoms with Gasteiger partial charge in [-0.25, -0.2) is 0 Å². The Morgan fingerprint density at radius 2 is 2.17 bits per heavy atom. The van der Waals surface area contributed by atoms with Gasteiger partial charge in [0.15, 0.2) is 0 Å². The van der Waals surface area contributed by atoms with Crippen molar-refractivity contribution in [2.45, 2.75) is 26.2 Å². The van der Waals surface area contributed by atoms with Crippen molar-refractivity contribution in [1.29, 1.82) is 0 Å². The van der Waals surface area contributed by atoms with Gasteiger partial charge in [-0.15, -0.1) is 0 Å². The highest BCUT2D eigenvalue weighted by molar-refractivity contribution is 5.52. The Hall–Kier alpha value is -0.630. The molecule has 0 saturated heterocycles. The minimum atomic E-state index is 0.209. The van der Waals surface area contributed by atoms with Crippen molar-refractivity contribution < 1.29 is 9.53 Å². The van der Waals surface area contributed by atoms with E-state index in [2.05, 4.69) is 6.08 Å². The predicted octanol–water partition coefficient (Wildman–Crippen LogP) is 2.19. The molecule has 0 aromatic carbocycles. The molecule has 0 heterocycles. The van der Waals surface area contributed by atoms with Crippen molar-refractivity contribution in [2.75, 3.05) is 13.7 Å². The lowest BCUT2D eigenvalue weighted by molar-refractivity contribution is -0.110. The first-order valence-electron chi connectivity index (χ1n) is 4.40. The van der Waals surface area contributed by atoms with E-state index in [0.29, 0.717) is 6.61 Å². The van der Waals surface area contributed by atoms with E-state index in [1.807, 2.05) is 13.0 Å². The molecule has 0 rings (SSSR count). The molecule has 0 spiro atoms. The third kappa shape index (κ3) is 7.48. The van der Waals surface area contributed by atoms with Crippen LogP contribution in [0.1, 0.15) is 26.2 Å². The highest BCUT2D eigenvalue weighted by Gasteiger charge is 1.96. The molecule has 1 unspecified atom stereocenters. The van der Waals surface area contributed by atoms with E-state index in [0.717, 1.165) is 25.5 Å². The average molecular weight is 170 g/mol. The normalized spacial score (nSPS) is 13.5. The number of ether oxygens (including phenoxy) is 1. The summed E-state index contributed by atoms with van der Waals surface area (Å²) in [5.74, 6) is 0.209. The second-order valence-corrected chi connectivity index (χ2v) is 2.97. The van der Waals surface area contributed by atoms with Crippen LogP contribution in [0.15, 0.2) is 12.2 Å². The molecule has 0 aliphatic rings. The summed E-state index contributed by atoms with van der Waals surface area (Å²) >= 11 is 0. The summed E-state index contributed by atoms with van der Waals surface area (Å²) in [6.45, 7) is 2.63. The zero-order chi connectivity index (χ0) is 9.23. The fourth-order valence-corrected chi connectivity index (χ4v) is 0.908. The molecule has 0 bridgehead atoms. The molecule has 0 aliphatic heterocycles. The van der Waals surface area contributed by atoms with E-state index >= 15 is 0 Å². The molecule has 12 heavy (non-hydrogen) atoms. The molecule has 0 radical (unpaired) electrons. The van der Waals surface area contributed by atoms with Crippen molar-refractivity contribution in [3.05, 3.63) is 12.2 Å². The topological polar surface area (TPSA) is 26.3 Å². The fraction of sp³-hybridized carbons (Fsp3) is 0.700. The lowest BCUT2D eigenvalue weighted by Gasteiger charge is -1.99. The van der Waals surface area contributed by atoms with Crippen LogP contribution in [0.3, 0.4) is 0 Å². The maximum Gasteiger partial charge on any atom is 0.122 e. The molecule has 70 valence electrons. The van der Waals surface area contributed by atoms with Gasteiger partial charge in [-0.3, -0.25) is 0 Å². The quantitative estimate of drug-likeness (QED) is 0.332. The Labute approximate surface area is 74.6 Å². The molecule has 0 fully saturated rings. The fourth-order valence-electron chi connectivity index (χ4n) is 0.908. The predicted molar refractivity (Wildman–Crippen MR) is 50.1 cm³/mol. The number of aldehydes is 1. The Bertz CT molecular complexity index is 130. The van der Waals surface area contributed by atoms with E-state index in [1.165, 1.54) is 0 Å². The highest BCUT2D eigenvalue weighted by atomic mass is 16.5. The van der Waals surface area contributed by atoms with Gasteiger partial charge in [0.05, 0.1) is 6.61 Å². The number of methoxy groups -OCH3 is 1. The zero-order valence-electron chi connectivity index (χ0n) is 7.95. The summed E-state index contributed by atoms with van der Waals surface area (Å²) in [6, 6.07) is 0. The Morgan fingerprint density at radius 3 is 2.75 bits per heavy atom. The third-order valence-corrected chi connectivity index (χ3v) is 1.69. The first-order valence-corrected chi connectivity index (χ1v) is 4.40. The van der Waals surface area contributed by atoms with Crippen molar-refractivity contribution in [2.24, 2.45) is 5.92 Å². The number of hydrogen-bond acceptors (Lipinski definition) is 2. The molecule has 2 nitrogen and oxygen atoms in total. The summed E-state index contributed by atoms with van der Waals surface area (Å²) < 4.78 is 4.85. The van der Waals surface area contributed by atoms with E-state index < -0.39 is 0 Å². The van der Waals surface area contributed by atoms with Gasteiger partial charge in [0, 0.05) is 13.0 Å². The monoisotopic (exact) mass is 170 g/mol. The Balaban J connectivity index is 3.14. The molecular weight excluding hydrogens is 152 g/mol. The van der Waals surface area contributed by atoms with Crippen LogP contribution in [0.2, 0.25) is 0 Å². The lowest BCUT2D eigenvalue weighted by atomic mass is 10.1. The summed E-state index contributed by atoms with van der Waals surface area (Å²) in [5, 5.41) is 0. The van der Waals surface area contributed by atoms with Crippen molar-refractivity contribution in [3.8, 4) is 0 Å². The van der Waals surface area contributed by atoms with Gasteiger partial charge in [-0.2, -0.15) is 0 Å².